The molecule has 0 nitrogen and oxygen atoms in total. The van der Waals surface area contributed by atoms with Crippen molar-refractivity contribution in [2.75, 3.05) is 0 Å². The van der Waals surface area contributed by atoms with E-state index in [1.165, 1.54) is 98.4 Å². The Morgan fingerprint density at radius 3 is 1.38 bits per heavy atom. The van der Waals surface area contributed by atoms with E-state index < -0.39 is 0 Å². The summed E-state index contributed by atoms with van der Waals surface area (Å²) in [5.41, 5.74) is 10.6. The molecule has 0 heterocycles. The molecule has 47 heavy (non-hydrogen) atoms. The minimum absolute atomic E-state index is 0.147. The van der Waals surface area contributed by atoms with Crippen molar-refractivity contribution in [2.24, 2.45) is 0 Å². The molecule has 0 bridgehead atoms. The second kappa shape index (κ2) is 9.64. The first kappa shape index (κ1) is 26.5. The fourth-order valence-corrected chi connectivity index (χ4v) is 8.92. The van der Waals surface area contributed by atoms with Crippen LogP contribution < -0.4 is 0 Å². The molecule has 0 amide bonds. The highest BCUT2D eigenvalue weighted by atomic mass is 14.4. The lowest BCUT2D eigenvalue weighted by atomic mass is 9.77. The highest BCUT2D eigenvalue weighted by Crippen LogP contribution is 2.56. The van der Waals surface area contributed by atoms with Gasteiger partial charge in [-0.2, -0.15) is 0 Å². The van der Waals surface area contributed by atoms with E-state index >= 15 is 0 Å². The van der Waals surface area contributed by atoms with E-state index in [-0.39, 0.29) is 5.41 Å². The molecule has 1 aliphatic carbocycles. The van der Waals surface area contributed by atoms with E-state index in [1.807, 2.05) is 0 Å². The number of benzene rings is 9. The molecule has 0 fully saturated rings. The third-order valence-electron chi connectivity index (χ3n) is 10.8. The lowest BCUT2D eigenvalue weighted by Crippen LogP contribution is -2.16. The maximum Gasteiger partial charge on any atom is 0.0171 e. The number of fused-ring (bicyclic) bond motifs is 12. The Kier molecular flexibility index (Phi) is 5.44. The molecule has 220 valence electrons. The number of hydrogen-bond acceptors (Lipinski definition) is 0. The third kappa shape index (κ3) is 3.59. The molecular weight excluding hydrogens is 565 g/mol. The van der Waals surface area contributed by atoms with Crippen molar-refractivity contribution in [1.82, 2.24) is 0 Å². The summed E-state index contributed by atoms with van der Waals surface area (Å²) in [6, 6.07) is 58.6. The fourth-order valence-electron chi connectivity index (χ4n) is 8.92. The quantitative estimate of drug-likeness (QED) is 0.138. The van der Waals surface area contributed by atoms with Gasteiger partial charge in [0.1, 0.15) is 0 Å². The molecule has 10 rings (SSSR count). The largest absolute Gasteiger partial charge is 0.0622 e. The third-order valence-corrected chi connectivity index (χ3v) is 10.8. The SMILES string of the molecule is CC1(C)c2c(ccc3cc(-c4c5ccccc5c(-c5ccccc5)c5ccccc45)ccc23)-c2c1c1ccccc1c1ccccc21. The molecule has 0 aliphatic heterocycles. The summed E-state index contributed by atoms with van der Waals surface area (Å²) in [7, 11) is 0. The maximum atomic E-state index is 2.43. The van der Waals surface area contributed by atoms with Crippen LogP contribution in [0.25, 0.3) is 87.2 Å². The highest BCUT2D eigenvalue weighted by molar-refractivity contribution is 6.23. The average Bonchev–Trinajstić information content (AvgIpc) is 3.38. The molecule has 0 spiro atoms. The molecule has 1 aliphatic rings. The van der Waals surface area contributed by atoms with Gasteiger partial charge in [-0.05, 0) is 104 Å². The number of rotatable bonds is 2. The number of hydrogen-bond donors (Lipinski definition) is 0. The van der Waals surface area contributed by atoms with Crippen LogP contribution in [0.15, 0.2) is 158 Å². The van der Waals surface area contributed by atoms with Gasteiger partial charge in [-0.1, -0.05) is 166 Å². The molecule has 0 saturated carbocycles. The van der Waals surface area contributed by atoms with Gasteiger partial charge in [-0.15, -0.1) is 0 Å². The summed E-state index contributed by atoms with van der Waals surface area (Å²) in [5, 5.41) is 13.2. The van der Waals surface area contributed by atoms with Crippen LogP contribution >= 0.6 is 0 Å². The predicted molar refractivity (Wildman–Crippen MR) is 202 cm³/mol. The first-order chi connectivity index (χ1) is 23.1. The standard InChI is InChI=1S/C47H32/c1-47(2)45-32-26-25-31(43-38-21-11-9-19-36(38)42(29-14-4-3-5-15-29)37-20-10-12-22-39(37)43)28-30(32)24-27-41(45)44-35-18-8-6-16-33(35)34-17-7-13-23-40(34)46(44)47/h3-28H,1-2H3. The summed E-state index contributed by atoms with van der Waals surface area (Å²) in [6.07, 6.45) is 0. The van der Waals surface area contributed by atoms with Crippen molar-refractivity contribution >= 4 is 53.9 Å². The van der Waals surface area contributed by atoms with E-state index in [1.54, 1.807) is 0 Å². The van der Waals surface area contributed by atoms with Gasteiger partial charge in [0.05, 0.1) is 0 Å². The van der Waals surface area contributed by atoms with Crippen LogP contribution in [-0.2, 0) is 5.41 Å². The molecule has 0 heteroatoms. The van der Waals surface area contributed by atoms with Gasteiger partial charge < -0.3 is 0 Å². The van der Waals surface area contributed by atoms with Crippen molar-refractivity contribution in [2.45, 2.75) is 19.3 Å². The van der Waals surface area contributed by atoms with Gasteiger partial charge in [0.25, 0.3) is 0 Å². The first-order valence-corrected chi connectivity index (χ1v) is 16.6. The topological polar surface area (TPSA) is 0 Å². The van der Waals surface area contributed by atoms with Crippen molar-refractivity contribution in [3.8, 4) is 33.4 Å². The minimum atomic E-state index is -0.147. The van der Waals surface area contributed by atoms with Gasteiger partial charge in [0, 0.05) is 5.41 Å². The van der Waals surface area contributed by atoms with E-state index in [4.69, 9.17) is 0 Å². The second-order valence-corrected chi connectivity index (χ2v) is 13.6. The lowest BCUT2D eigenvalue weighted by molar-refractivity contribution is 0.672. The normalized spacial score (nSPS) is 13.5. The van der Waals surface area contributed by atoms with Gasteiger partial charge in [-0.25, -0.2) is 0 Å². The molecule has 9 aromatic rings. The van der Waals surface area contributed by atoms with Crippen molar-refractivity contribution in [1.29, 1.82) is 0 Å². The van der Waals surface area contributed by atoms with Crippen LogP contribution in [0.5, 0.6) is 0 Å². The lowest BCUT2D eigenvalue weighted by Gasteiger charge is -2.25. The summed E-state index contributed by atoms with van der Waals surface area (Å²) < 4.78 is 0. The monoisotopic (exact) mass is 596 g/mol. The molecular formula is C47H32. The zero-order valence-electron chi connectivity index (χ0n) is 26.5. The Balaban J connectivity index is 1.25. The summed E-state index contributed by atoms with van der Waals surface area (Å²) in [4.78, 5) is 0. The molecule has 0 atom stereocenters. The molecule has 0 saturated heterocycles. The minimum Gasteiger partial charge on any atom is -0.0622 e. The molecule has 9 aromatic carbocycles. The van der Waals surface area contributed by atoms with Gasteiger partial charge in [0.15, 0.2) is 0 Å². The van der Waals surface area contributed by atoms with Crippen molar-refractivity contribution in [3.05, 3.63) is 169 Å². The fraction of sp³-hybridized carbons (Fsp3) is 0.0638. The van der Waals surface area contributed by atoms with Gasteiger partial charge >= 0.3 is 0 Å². The van der Waals surface area contributed by atoms with Crippen LogP contribution in [0.3, 0.4) is 0 Å². The summed E-state index contributed by atoms with van der Waals surface area (Å²) in [6.45, 7) is 4.85. The Morgan fingerprint density at radius 1 is 0.319 bits per heavy atom. The van der Waals surface area contributed by atoms with Crippen LogP contribution in [0.1, 0.15) is 25.0 Å². The van der Waals surface area contributed by atoms with Crippen molar-refractivity contribution in [3.63, 3.8) is 0 Å². The van der Waals surface area contributed by atoms with Crippen LogP contribution in [0, 0.1) is 0 Å². The smallest absolute Gasteiger partial charge is 0.0171 e. The molecule has 0 N–H and O–H groups in total. The molecule has 0 radical (unpaired) electrons. The summed E-state index contributed by atoms with van der Waals surface area (Å²) in [5.74, 6) is 0. The predicted octanol–water partition coefficient (Wildman–Crippen LogP) is 13.1. The van der Waals surface area contributed by atoms with E-state index in [0.717, 1.165) is 0 Å². The maximum absolute atomic E-state index is 2.43. The van der Waals surface area contributed by atoms with E-state index in [0.29, 0.717) is 0 Å². The van der Waals surface area contributed by atoms with Crippen molar-refractivity contribution < 1.29 is 0 Å². The van der Waals surface area contributed by atoms with Crippen LogP contribution in [-0.4, -0.2) is 0 Å². The first-order valence-electron chi connectivity index (χ1n) is 16.6. The zero-order chi connectivity index (χ0) is 31.3. The summed E-state index contributed by atoms with van der Waals surface area (Å²) >= 11 is 0. The Hall–Kier alpha value is -5.72. The van der Waals surface area contributed by atoms with Gasteiger partial charge in [0.2, 0.25) is 0 Å². The Bertz CT molecular complexity index is 2690. The van der Waals surface area contributed by atoms with E-state index in [2.05, 4.69) is 172 Å². The average molecular weight is 597 g/mol. The van der Waals surface area contributed by atoms with E-state index in [9.17, 15) is 0 Å². The molecule has 0 unspecified atom stereocenters. The second-order valence-electron chi connectivity index (χ2n) is 13.6. The van der Waals surface area contributed by atoms with Gasteiger partial charge in [-0.3, -0.25) is 0 Å². The Labute approximate surface area is 274 Å². The van der Waals surface area contributed by atoms with Crippen LogP contribution in [0.2, 0.25) is 0 Å². The van der Waals surface area contributed by atoms with Crippen LogP contribution in [0.4, 0.5) is 0 Å². The molecule has 0 aromatic heterocycles. The Morgan fingerprint density at radius 2 is 0.787 bits per heavy atom. The highest BCUT2D eigenvalue weighted by Gasteiger charge is 2.39. The zero-order valence-corrected chi connectivity index (χ0v) is 26.5.